The lowest BCUT2D eigenvalue weighted by molar-refractivity contribution is 0.406. The van der Waals surface area contributed by atoms with Crippen LogP contribution in [0.15, 0.2) is 11.0 Å². The SMILES string of the molecule is CCc1nn(Cc2ncc(C)c(OC)c2C)c(=O)c(C#N)c1CC. The summed E-state index contributed by atoms with van der Waals surface area (Å²) in [6.45, 7) is 7.94. The summed E-state index contributed by atoms with van der Waals surface area (Å²) >= 11 is 0. The van der Waals surface area contributed by atoms with Crippen molar-refractivity contribution < 1.29 is 4.74 Å². The van der Waals surface area contributed by atoms with E-state index in [1.807, 2.05) is 33.8 Å². The third-order valence-electron chi connectivity index (χ3n) is 4.19. The van der Waals surface area contributed by atoms with Crippen molar-refractivity contribution in [3.8, 4) is 11.8 Å². The number of rotatable bonds is 5. The number of aromatic nitrogens is 3. The van der Waals surface area contributed by atoms with Gasteiger partial charge in [0.25, 0.3) is 5.56 Å². The van der Waals surface area contributed by atoms with Gasteiger partial charge in [0.05, 0.1) is 25.0 Å². The number of aryl methyl sites for hydroxylation is 2. The van der Waals surface area contributed by atoms with Crippen LogP contribution in [0.2, 0.25) is 0 Å². The molecule has 126 valence electrons. The molecule has 0 radical (unpaired) electrons. The second kappa shape index (κ2) is 7.26. The Morgan fingerprint density at radius 3 is 2.50 bits per heavy atom. The van der Waals surface area contributed by atoms with Crippen LogP contribution in [0, 0.1) is 25.2 Å². The summed E-state index contributed by atoms with van der Waals surface area (Å²) in [5.41, 5.74) is 3.86. The summed E-state index contributed by atoms with van der Waals surface area (Å²) in [4.78, 5) is 17.0. The highest BCUT2D eigenvalue weighted by Gasteiger charge is 2.17. The summed E-state index contributed by atoms with van der Waals surface area (Å²) in [6, 6.07) is 2.04. The molecule has 6 heteroatoms. The zero-order valence-corrected chi connectivity index (χ0v) is 14.8. The molecule has 2 heterocycles. The fourth-order valence-corrected chi connectivity index (χ4v) is 2.91. The Morgan fingerprint density at radius 1 is 1.25 bits per heavy atom. The second-order valence-corrected chi connectivity index (χ2v) is 5.63. The Balaban J connectivity index is 2.60. The van der Waals surface area contributed by atoms with Crippen molar-refractivity contribution in [2.24, 2.45) is 0 Å². The minimum Gasteiger partial charge on any atom is -0.496 e. The molecule has 0 bridgehead atoms. The van der Waals surface area contributed by atoms with Crippen LogP contribution in [-0.4, -0.2) is 21.9 Å². The fraction of sp³-hybridized carbons (Fsp3) is 0.444. The van der Waals surface area contributed by atoms with Gasteiger partial charge in [0.1, 0.15) is 17.4 Å². The summed E-state index contributed by atoms with van der Waals surface area (Å²) in [6.07, 6.45) is 3.01. The molecule has 0 atom stereocenters. The zero-order valence-electron chi connectivity index (χ0n) is 14.8. The van der Waals surface area contributed by atoms with Gasteiger partial charge in [0.15, 0.2) is 0 Å². The molecule has 0 aliphatic heterocycles. The summed E-state index contributed by atoms with van der Waals surface area (Å²) in [5.74, 6) is 0.759. The Labute approximate surface area is 141 Å². The highest BCUT2D eigenvalue weighted by molar-refractivity contribution is 5.42. The Kier molecular flexibility index (Phi) is 5.35. The minimum absolute atomic E-state index is 0.182. The molecular formula is C18H22N4O2. The molecule has 2 rings (SSSR count). The van der Waals surface area contributed by atoms with E-state index in [0.29, 0.717) is 18.5 Å². The van der Waals surface area contributed by atoms with Crippen LogP contribution < -0.4 is 10.3 Å². The van der Waals surface area contributed by atoms with Crippen molar-refractivity contribution in [1.82, 2.24) is 14.8 Å². The van der Waals surface area contributed by atoms with Gasteiger partial charge in [-0.3, -0.25) is 9.78 Å². The number of pyridine rings is 1. The molecule has 0 saturated heterocycles. The van der Waals surface area contributed by atoms with Crippen molar-refractivity contribution in [2.75, 3.05) is 7.11 Å². The van der Waals surface area contributed by atoms with Crippen molar-refractivity contribution in [3.05, 3.63) is 50.2 Å². The van der Waals surface area contributed by atoms with E-state index in [1.54, 1.807) is 13.3 Å². The molecule has 0 aromatic carbocycles. The maximum Gasteiger partial charge on any atom is 0.285 e. The van der Waals surface area contributed by atoms with Crippen molar-refractivity contribution in [3.63, 3.8) is 0 Å². The molecule has 0 aliphatic rings. The van der Waals surface area contributed by atoms with E-state index in [1.165, 1.54) is 4.68 Å². The molecule has 0 N–H and O–H groups in total. The van der Waals surface area contributed by atoms with Gasteiger partial charge >= 0.3 is 0 Å². The lowest BCUT2D eigenvalue weighted by Gasteiger charge is -2.15. The van der Waals surface area contributed by atoms with Crippen LogP contribution in [0.25, 0.3) is 0 Å². The van der Waals surface area contributed by atoms with Gasteiger partial charge in [0.2, 0.25) is 0 Å². The monoisotopic (exact) mass is 326 g/mol. The minimum atomic E-state index is -0.368. The number of hydrogen-bond donors (Lipinski definition) is 0. The smallest absolute Gasteiger partial charge is 0.285 e. The highest BCUT2D eigenvalue weighted by atomic mass is 16.5. The first-order valence-electron chi connectivity index (χ1n) is 8.00. The summed E-state index contributed by atoms with van der Waals surface area (Å²) in [5, 5.41) is 13.8. The quantitative estimate of drug-likeness (QED) is 0.842. The predicted molar refractivity (Wildman–Crippen MR) is 91.3 cm³/mol. The van der Waals surface area contributed by atoms with Gasteiger partial charge in [-0.05, 0) is 32.3 Å². The van der Waals surface area contributed by atoms with E-state index in [-0.39, 0.29) is 17.7 Å². The van der Waals surface area contributed by atoms with Gasteiger partial charge < -0.3 is 4.74 Å². The third-order valence-corrected chi connectivity index (χ3v) is 4.19. The molecule has 2 aromatic heterocycles. The van der Waals surface area contributed by atoms with Crippen molar-refractivity contribution >= 4 is 0 Å². The number of nitriles is 1. The molecule has 6 nitrogen and oxygen atoms in total. The van der Waals surface area contributed by atoms with Crippen molar-refractivity contribution in [2.45, 2.75) is 47.1 Å². The Morgan fingerprint density at radius 2 is 1.96 bits per heavy atom. The van der Waals surface area contributed by atoms with E-state index < -0.39 is 0 Å². The Bertz CT molecular complexity index is 863. The predicted octanol–water partition coefficient (Wildman–Crippen LogP) is 2.31. The first-order chi connectivity index (χ1) is 11.5. The zero-order chi connectivity index (χ0) is 17.9. The van der Waals surface area contributed by atoms with E-state index >= 15 is 0 Å². The van der Waals surface area contributed by atoms with Gasteiger partial charge in [-0.15, -0.1) is 0 Å². The fourth-order valence-electron chi connectivity index (χ4n) is 2.91. The lowest BCUT2D eigenvalue weighted by atomic mass is 10.0. The van der Waals surface area contributed by atoms with Crippen LogP contribution in [0.5, 0.6) is 5.75 Å². The topological polar surface area (TPSA) is 80.8 Å². The molecular weight excluding hydrogens is 304 g/mol. The average molecular weight is 326 g/mol. The van der Waals surface area contributed by atoms with Crippen LogP contribution >= 0.6 is 0 Å². The van der Waals surface area contributed by atoms with Gasteiger partial charge in [-0.25, -0.2) is 4.68 Å². The molecule has 2 aromatic rings. The van der Waals surface area contributed by atoms with Gasteiger partial charge in [0, 0.05) is 17.3 Å². The molecule has 0 unspecified atom stereocenters. The lowest BCUT2D eigenvalue weighted by Crippen LogP contribution is -2.29. The first kappa shape index (κ1) is 17.7. The van der Waals surface area contributed by atoms with Crippen LogP contribution in [-0.2, 0) is 19.4 Å². The first-order valence-corrected chi connectivity index (χ1v) is 8.00. The summed E-state index contributed by atoms with van der Waals surface area (Å²) < 4.78 is 6.74. The maximum atomic E-state index is 12.6. The molecule has 0 amide bonds. The average Bonchev–Trinajstić information content (AvgIpc) is 2.58. The summed E-state index contributed by atoms with van der Waals surface area (Å²) in [7, 11) is 1.61. The normalized spacial score (nSPS) is 10.5. The van der Waals surface area contributed by atoms with Crippen LogP contribution in [0.4, 0.5) is 0 Å². The highest BCUT2D eigenvalue weighted by Crippen LogP contribution is 2.24. The standard InChI is InChI=1S/C18H22N4O2/c1-6-13-14(8-19)18(23)22(21-15(13)7-2)10-16-12(4)17(24-5)11(3)9-20-16/h9H,6-7,10H2,1-5H3. The largest absolute Gasteiger partial charge is 0.496 e. The molecule has 0 spiro atoms. The Hall–Kier alpha value is -2.68. The molecule has 0 saturated carbocycles. The van der Waals surface area contributed by atoms with Crippen LogP contribution in [0.1, 0.15) is 47.5 Å². The second-order valence-electron chi connectivity index (χ2n) is 5.63. The number of nitrogens with zero attached hydrogens (tertiary/aromatic N) is 4. The van der Waals surface area contributed by atoms with E-state index in [2.05, 4.69) is 10.1 Å². The third kappa shape index (κ3) is 3.02. The van der Waals surface area contributed by atoms with E-state index in [9.17, 15) is 10.1 Å². The molecule has 0 aliphatic carbocycles. The van der Waals surface area contributed by atoms with Crippen LogP contribution in [0.3, 0.4) is 0 Å². The molecule has 0 fully saturated rings. The number of methoxy groups -OCH3 is 1. The van der Waals surface area contributed by atoms with Crippen molar-refractivity contribution in [1.29, 1.82) is 5.26 Å². The molecule has 24 heavy (non-hydrogen) atoms. The van der Waals surface area contributed by atoms with Gasteiger partial charge in [-0.2, -0.15) is 10.4 Å². The maximum absolute atomic E-state index is 12.6. The van der Waals surface area contributed by atoms with Gasteiger partial charge in [-0.1, -0.05) is 13.8 Å². The van der Waals surface area contributed by atoms with E-state index in [0.717, 1.165) is 28.1 Å². The number of hydrogen-bond acceptors (Lipinski definition) is 5. The number of ether oxygens (including phenoxy) is 1. The van der Waals surface area contributed by atoms with E-state index in [4.69, 9.17) is 4.74 Å².